The summed E-state index contributed by atoms with van der Waals surface area (Å²) in [5.74, 6) is 1.62. The van der Waals surface area contributed by atoms with Crippen molar-refractivity contribution in [2.45, 2.75) is 77.0 Å². The maximum absolute atomic E-state index is 12.8. The number of nitrogens with zero attached hydrogens (tertiary/aromatic N) is 3. The molecular weight excluding hydrogens is 991 g/mol. The standard InChI is InChI=1S/3C21H17NO4/c3*23-21-19(14-6-2-1-3-7-14)17-8-4-5-9-18(17)20(26-21)15-10-12-16(13-11-15)22(24)25/h3*1-3,6-7,10-13H,4-5,8-9H2. The van der Waals surface area contributed by atoms with Crippen LogP contribution in [0, 0.1) is 30.3 Å². The Labute approximate surface area is 446 Å². The minimum absolute atomic E-state index is 0.0193. The molecule has 0 radical (unpaired) electrons. The zero-order valence-corrected chi connectivity index (χ0v) is 42.3. The van der Waals surface area contributed by atoms with Crippen LogP contribution >= 0.6 is 0 Å². The number of benzene rings is 6. The van der Waals surface area contributed by atoms with Crippen LogP contribution in [0.4, 0.5) is 17.1 Å². The van der Waals surface area contributed by atoms with Gasteiger partial charge in [-0.3, -0.25) is 30.3 Å². The molecule has 0 amide bonds. The average Bonchev–Trinajstić information content (AvgIpc) is 3.57. The molecule has 3 heterocycles. The van der Waals surface area contributed by atoms with Crippen molar-refractivity contribution in [1.82, 2.24) is 0 Å². The Morgan fingerprint density at radius 1 is 0.282 bits per heavy atom. The number of hydrogen-bond donors (Lipinski definition) is 0. The van der Waals surface area contributed by atoms with Crippen LogP contribution in [0.3, 0.4) is 0 Å². The largest absolute Gasteiger partial charge is 0.422 e. The lowest BCUT2D eigenvalue weighted by Crippen LogP contribution is -2.15. The summed E-state index contributed by atoms with van der Waals surface area (Å²) in [6.07, 6.45) is 11.3. The molecule has 0 aliphatic heterocycles. The highest BCUT2D eigenvalue weighted by Crippen LogP contribution is 2.39. The van der Waals surface area contributed by atoms with Gasteiger partial charge in [-0.15, -0.1) is 0 Å². The Balaban J connectivity index is 0.000000132. The Bertz CT molecular complexity index is 3470. The van der Waals surface area contributed by atoms with Gasteiger partial charge < -0.3 is 13.3 Å². The molecule has 390 valence electrons. The fourth-order valence-electron chi connectivity index (χ4n) is 10.9. The van der Waals surface area contributed by atoms with E-state index in [0.717, 1.165) is 127 Å². The van der Waals surface area contributed by atoms with Crippen molar-refractivity contribution < 1.29 is 28.0 Å². The minimum atomic E-state index is -0.437. The number of non-ortho nitro benzene ring substituents is 3. The topological polar surface area (TPSA) is 220 Å². The molecule has 15 nitrogen and oxygen atoms in total. The van der Waals surface area contributed by atoms with E-state index in [4.69, 9.17) is 13.3 Å². The molecule has 3 aliphatic carbocycles. The first-order valence-electron chi connectivity index (χ1n) is 25.9. The maximum atomic E-state index is 12.8. The normalized spacial score (nSPS) is 13.2. The number of hydrogen-bond acceptors (Lipinski definition) is 12. The number of rotatable bonds is 9. The summed E-state index contributed by atoms with van der Waals surface area (Å²) >= 11 is 0. The van der Waals surface area contributed by atoms with Crippen molar-refractivity contribution in [1.29, 1.82) is 0 Å². The van der Waals surface area contributed by atoms with E-state index in [0.29, 0.717) is 50.7 Å². The first-order chi connectivity index (χ1) is 37.9. The third-order valence-corrected chi connectivity index (χ3v) is 14.5. The van der Waals surface area contributed by atoms with Gasteiger partial charge in [-0.05, 0) is 164 Å². The molecule has 3 aromatic heterocycles. The molecule has 12 rings (SSSR count). The molecule has 0 atom stereocenters. The van der Waals surface area contributed by atoms with Gasteiger partial charge in [0.2, 0.25) is 0 Å². The van der Waals surface area contributed by atoms with Crippen LogP contribution in [-0.2, 0) is 38.5 Å². The van der Waals surface area contributed by atoms with Gasteiger partial charge >= 0.3 is 16.9 Å². The van der Waals surface area contributed by atoms with Gasteiger partial charge in [-0.2, -0.15) is 0 Å². The molecule has 3 aliphatic rings. The van der Waals surface area contributed by atoms with Gasteiger partial charge in [0.25, 0.3) is 17.1 Å². The fourth-order valence-corrected chi connectivity index (χ4v) is 10.9. The van der Waals surface area contributed by atoms with Gasteiger partial charge in [-0.1, -0.05) is 91.0 Å². The smallest absolute Gasteiger partial charge is 0.344 e. The summed E-state index contributed by atoms with van der Waals surface area (Å²) in [4.78, 5) is 69.7. The summed E-state index contributed by atoms with van der Waals surface area (Å²) in [5, 5.41) is 32.6. The predicted octanol–water partition coefficient (Wildman–Crippen LogP) is 14.3. The van der Waals surface area contributed by atoms with Gasteiger partial charge in [0, 0.05) is 53.1 Å². The van der Waals surface area contributed by atoms with Crippen LogP contribution in [0.15, 0.2) is 191 Å². The highest BCUT2D eigenvalue weighted by atomic mass is 16.6. The number of nitro groups is 3. The third kappa shape index (κ3) is 10.9. The second-order valence-electron chi connectivity index (χ2n) is 19.3. The molecule has 0 saturated carbocycles. The monoisotopic (exact) mass is 1040 g/mol. The zero-order valence-electron chi connectivity index (χ0n) is 42.3. The Kier molecular flexibility index (Phi) is 15.3. The van der Waals surface area contributed by atoms with E-state index in [9.17, 15) is 44.7 Å². The van der Waals surface area contributed by atoms with E-state index in [1.165, 1.54) is 36.4 Å². The van der Waals surface area contributed by atoms with Crippen molar-refractivity contribution in [2.24, 2.45) is 0 Å². The summed E-state index contributed by atoms with van der Waals surface area (Å²) in [6.45, 7) is 0. The summed E-state index contributed by atoms with van der Waals surface area (Å²) in [6, 6.07) is 47.3. The quantitative estimate of drug-likeness (QED) is 0.0973. The summed E-state index contributed by atoms with van der Waals surface area (Å²) in [7, 11) is 0. The summed E-state index contributed by atoms with van der Waals surface area (Å²) in [5.41, 5.74) is 11.9. The van der Waals surface area contributed by atoms with Crippen LogP contribution in [0.25, 0.3) is 67.4 Å². The molecule has 0 N–H and O–H groups in total. The van der Waals surface area contributed by atoms with Crippen molar-refractivity contribution in [3.63, 3.8) is 0 Å². The molecular formula is C63H51N3O12. The predicted molar refractivity (Wildman–Crippen MR) is 297 cm³/mol. The van der Waals surface area contributed by atoms with Crippen LogP contribution in [0.1, 0.15) is 71.9 Å². The van der Waals surface area contributed by atoms with E-state index < -0.39 is 14.8 Å². The van der Waals surface area contributed by atoms with E-state index >= 15 is 0 Å². The molecule has 0 fully saturated rings. The molecule has 6 aromatic carbocycles. The second-order valence-corrected chi connectivity index (χ2v) is 19.3. The van der Waals surface area contributed by atoms with Crippen LogP contribution < -0.4 is 16.9 Å². The molecule has 0 saturated heterocycles. The van der Waals surface area contributed by atoms with E-state index in [1.807, 2.05) is 91.0 Å². The van der Waals surface area contributed by atoms with Crippen molar-refractivity contribution >= 4 is 17.1 Å². The zero-order chi connectivity index (χ0) is 54.3. The molecule has 0 bridgehead atoms. The SMILES string of the molecule is O=c1oc(-c2ccc([N+](=O)[O-])cc2)c2c(c1-c1ccccc1)CCCC2.O=c1oc(-c2ccc([N+](=O)[O-])cc2)c2c(c1-c1ccccc1)CCCC2.O=c1oc(-c2ccc([N+](=O)[O-])cc2)c2c(c1-c1ccccc1)CCCC2. The summed E-state index contributed by atoms with van der Waals surface area (Å²) < 4.78 is 17.2. The molecule has 78 heavy (non-hydrogen) atoms. The first-order valence-corrected chi connectivity index (χ1v) is 25.9. The van der Waals surface area contributed by atoms with Crippen LogP contribution in [0.5, 0.6) is 0 Å². The van der Waals surface area contributed by atoms with E-state index in [-0.39, 0.29) is 33.9 Å². The highest BCUT2D eigenvalue weighted by molar-refractivity contribution is 5.76. The third-order valence-electron chi connectivity index (χ3n) is 14.5. The van der Waals surface area contributed by atoms with Gasteiger partial charge in [-0.25, -0.2) is 14.4 Å². The van der Waals surface area contributed by atoms with Crippen molar-refractivity contribution in [3.05, 3.63) is 259 Å². The van der Waals surface area contributed by atoms with Gasteiger partial charge in [0.1, 0.15) is 17.3 Å². The first kappa shape index (κ1) is 51.8. The Morgan fingerprint density at radius 3 is 0.718 bits per heavy atom. The fraction of sp³-hybridized carbons (Fsp3) is 0.190. The number of nitro benzene ring substituents is 3. The maximum Gasteiger partial charge on any atom is 0.344 e. The molecule has 0 spiro atoms. The number of fused-ring (bicyclic) bond motifs is 3. The van der Waals surface area contributed by atoms with Gasteiger partial charge in [0.15, 0.2) is 0 Å². The second kappa shape index (κ2) is 23.1. The van der Waals surface area contributed by atoms with Crippen LogP contribution in [0.2, 0.25) is 0 Å². The van der Waals surface area contributed by atoms with Crippen molar-refractivity contribution in [2.75, 3.05) is 0 Å². The van der Waals surface area contributed by atoms with Gasteiger partial charge in [0.05, 0.1) is 31.5 Å². The Hall–Kier alpha value is -9.63. The van der Waals surface area contributed by atoms with Crippen LogP contribution in [-0.4, -0.2) is 14.8 Å². The minimum Gasteiger partial charge on any atom is -0.422 e. The average molecular weight is 1040 g/mol. The van der Waals surface area contributed by atoms with E-state index in [1.54, 1.807) is 36.4 Å². The lowest BCUT2D eigenvalue weighted by molar-refractivity contribution is -0.385. The van der Waals surface area contributed by atoms with Crippen molar-refractivity contribution in [3.8, 4) is 67.4 Å². The lowest BCUT2D eigenvalue weighted by atomic mass is 9.85. The molecule has 15 heteroatoms. The molecule has 9 aromatic rings. The molecule has 0 unspecified atom stereocenters. The lowest BCUT2D eigenvalue weighted by Gasteiger charge is -2.21. The Morgan fingerprint density at radius 2 is 0.500 bits per heavy atom. The van der Waals surface area contributed by atoms with E-state index in [2.05, 4.69) is 0 Å². The highest BCUT2D eigenvalue weighted by Gasteiger charge is 2.27.